The highest BCUT2D eigenvalue weighted by Crippen LogP contribution is 2.23. The van der Waals surface area contributed by atoms with Gasteiger partial charge < -0.3 is 9.47 Å². The van der Waals surface area contributed by atoms with E-state index >= 15 is 0 Å². The summed E-state index contributed by atoms with van der Waals surface area (Å²) < 4.78 is 11.4. The van der Waals surface area contributed by atoms with Crippen molar-refractivity contribution in [3.05, 3.63) is 89.8 Å². The molecule has 0 aliphatic heterocycles. The van der Waals surface area contributed by atoms with Gasteiger partial charge >= 0.3 is 5.97 Å². The standard InChI is InChI=1S/C23H20N2O5/c1-3-30-23(28)19(21(26)17-10-12-18(29-2)13-11-17)20(25-15-7-14-24-25)22(27)16-8-5-4-6-9-16/h4-15H,3H2,1-2H3/b20-19-. The van der Waals surface area contributed by atoms with Crippen LogP contribution >= 0.6 is 0 Å². The topological polar surface area (TPSA) is 87.5 Å². The van der Waals surface area contributed by atoms with Crippen molar-refractivity contribution in [2.75, 3.05) is 13.7 Å². The van der Waals surface area contributed by atoms with Crippen molar-refractivity contribution >= 4 is 23.2 Å². The predicted octanol–water partition coefficient (Wildman–Crippen LogP) is 3.43. The van der Waals surface area contributed by atoms with E-state index in [9.17, 15) is 14.4 Å². The fourth-order valence-electron chi connectivity index (χ4n) is 2.85. The van der Waals surface area contributed by atoms with E-state index in [1.54, 1.807) is 55.5 Å². The minimum Gasteiger partial charge on any atom is -0.497 e. The number of carbonyl (C=O) groups is 3. The molecule has 0 amide bonds. The molecule has 0 fully saturated rings. The Hall–Kier alpha value is -4.00. The minimum atomic E-state index is -0.895. The van der Waals surface area contributed by atoms with E-state index in [2.05, 4.69) is 5.10 Å². The number of ketones is 2. The average Bonchev–Trinajstić information content (AvgIpc) is 3.31. The summed E-state index contributed by atoms with van der Waals surface area (Å²) in [7, 11) is 1.51. The first-order valence-corrected chi connectivity index (χ1v) is 9.26. The molecule has 7 nitrogen and oxygen atoms in total. The second-order valence-electron chi connectivity index (χ2n) is 6.15. The highest BCUT2D eigenvalue weighted by Gasteiger charge is 2.31. The summed E-state index contributed by atoms with van der Waals surface area (Å²) in [5.41, 5.74) is -0.0401. The first-order valence-electron chi connectivity index (χ1n) is 9.26. The van der Waals surface area contributed by atoms with Crippen LogP contribution in [0.2, 0.25) is 0 Å². The Balaban J connectivity index is 2.22. The van der Waals surface area contributed by atoms with E-state index in [-0.39, 0.29) is 23.4 Å². The number of hydrogen-bond acceptors (Lipinski definition) is 6. The zero-order chi connectivity index (χ0) is 21.5. The van der Waals surface area contributed by atoms with Gasteiger partial charge in [-0.15, -0.1) is 0 Å². The molecule has 0 saturated carbocycles. The van der Waals surface area contributed by atoms with Gasteiger partial charge in [-0.3, -0.25) is 9.59 Å². The molecule has 0 spiro atoms. The minimum absolute atomic E-state index is 0.0458. The van der Waals surface area contributed by atoms with E-state index in [1.165, 1.54) is 36.3 Å². The van der Waals surface area contributed by atoms with Gasteiger partial charge in [-0.25, -0.2) is 9.48 Å². The maximum Gasteiger partial charge on any atom is 0.344 e. The van der Waals surface area contributed by atoms with Crippen LogP contribution in [0.15, 0.2) is 78.6 Å². The number of carbonyl (C=O) groups excluding carboxylic acids is 3. The number of ether oxygens (including phenoxy) is 2. The second-order valence-corrected chi connectivity index (χ2v) is 6.15. The summed E-state index contributed by atoms with van der Waals surface area (Å²) in [5, 5.41) is 4.09. The van der Waals surface area contributed by atoms with Crippen LogP contribution in [0, 0.1) is 0 Å². The molecule has 3 rings (SSSR count). The number of rotatable bonds is 8. The Labute approximate surface area is 173 Å². The fraction of sp³-hybridized carbons (Fsp3) is 0.130. The van der Waals surface area contributed by atoms with Crippen LogP contribution < -0.4 is 4.74 Å². The Bertz CT molecular complexity index is 1070. The molecule has 1 heterocycles. The third-order valence-corrected chi connectivity index (χ3v) is 4.28. The lowest BCUT2D eigenvalue weighted by Crippen LogP contribution is -2.24. The molecule has 0 bridgehead atoms. The molecule has 0 atom stereocenters. The van der Waals surface area contributed by atoms with Crippen molar-refractivity contribution < 1.29 is 23.9 Å². The first-order chi connectivity index (χ1) is 14.6. The SMILES string of the molecule is CCOC(=O)/C(C(=O)c1ccc(OC)cc1)=C(/C(=O)c1ccccc1)n1cccn1. The maximum absolute atomic E-state index is 13.3. The van der Waals surface area contributed by atoms with E-state index in [1.807, 2.05) is 0 Å². The predicted molar refractivity (Wildman–Crippen MR) is 110 cm³/mol. The van der Waals surface area contributed by atoms with Crippen LogP contribution in [0.25, 0.3) is 5.70 Å². The lowest BCUT2D eigenvalue weighted by Gasteiger charge is -2.14. The van der Waals surface area contributed by atoms with Crippen molar-refractivity contribution in [1.82, 2.24) is 9.78 Å². The van der Waals surface area contributed by atoms with Crippen molar-refractivity contribution in [3.63, 3.8) is 0 Å². The highest BCUT2D eigenvalue weighted by molar-refractivity contribution is 6.38. The number of hydrogen-bond donors (Lipinski definition) is 0. The molecule has 30 heavy (non-hydrogen) atoms. The van der Waals surface area contributed by atoms with Gasteiger partial charge in [0.15, 0.2) is 0 Å². The van der Waals surface area contributed by atoms with E-state index in [0.717, 1.165) is 0 Å². The molecular weight excluding hydrogens is 384 g/mol. The van der Waals surface area contributed by atoms with Crippen LogP contribution in [0.1, 0.15) is 27.6 Å². The maximum atomic E-state index is 13.3. The van der Waals surface area contributed by atoms with Gasteiger partial charge in [0.25, 0.3) is 0 Å². The van der Waals surface area contributed by atoms with Crippen LogP contribution in [0.3, 0.4) is 0 Å². The number of esters is 1. The normalized spacial score (nSPS) is 11.4. The van der Waals surface area contributed by atoms with E-state index in [0.29, 0.717) is 11.3 Å². The Morgan fingerprint density at radius 2 is 1.57 bits per heavy atom. The molecule has 152 valence electrons. The zero-order valence-electron chi connectivity index (χ0n) is 16.6. The smallest absolute Gasteiger partial charge is 0.344 e. The number of methoxy groups -OCH3 is 1. The lowest BCUT2D eigenvalue weighted by molar-refractivity contribution is -0.138. The summed E-state index contributed by atoms with van der Waals surface area (Å²) in [4.78, 5) is 39.5. The van der Waals surface area contributed by atoms with Gasteiger partial charge in [0.05, 0.1) is 13.7 Å². The molecule has 1 aromatic heterocycles. The van der Waals surface area contributed by atoms with Crippen molar-refractivity contribution in [2.24, 2.45) is 0 Å². The molecule has 0 saturated heterocycles. The summed E-state index contributed by atoms with van der Waals surface area (Å²) >= 11 is 0. The van der Waals surface area contributed by atoms with Crippen LogP contribution in [-0.4, -0.2) is 41.0 Å². The monoisotopic (exact) mass is 404 g/mol. The molecule has 0 aliphatic rings. The summed E-state index contributed by atoms with van der Waals surface area (Å²) in [6.45, 7) is 1.67. The molecule has 3 aromatic rings. The van der Waals surface area contributed by atoms with Gasteiger partial charge in [-0.05, 0) is 37.3 Å². The Morgan fingerprint density at radius 3 is 2.13 bits per heavy atom. The van der Waals surface area contributed by atoms with Crippen LogP contribution in [0.4, 0.5) is 0 Å². The molecule has 0 radical (unpaired) electrons. The quantitative estimate of drug-likeness (QED) is 0.188. The number of nitrogens with zero attached hydrogens (tertiary/aromatic N) is 2. The molecule has 0 unspecified atom stereocenters. The average molecular weight is 404 g/mol. The second kappa shape index (κ2) is 9.47. The largest absolute Gasteiger partial charge is 0.497 e. The van der Waals surface area contributed by atoms with E-state index in [4.69, 9.17) is 9.47 Å². The third-order valence-electron chi connectivity index (χ3n) is 4.28. The molecular formula is C23H20N2O5. The van der Waals surface area contributed by atoms with Gasteiger partial charge in [0, 0.05) is 23.5 Å². The molecule has 0 aliphatic carbocycles. The molecule has 0 N–H and O–H groups in total. The number of aromatic nitrogens is 2. The summed E-state index contributed by atoms with van der Waals surface area (Å²) in [6, 6.07) is 16.2. The highest BCUT2D eigenvalue weighted by atomic mass is 16.5. The molecule has 2 aromatic carbocycles. The van der Waals surface area contributed by atoms with E-state index < -0.39 is 17.5 Å². The number of benzene rings is 2. The fourth-order valence-corrected chi connectivity index (χ4v) is 2.85. The number of allylic oxidation sites excluding steroid dienone is 1. The summed E-state index contributed by atoms with van der Waals surface area (Å²) in [5.74, 6) is -1.51. The first kappa shape index (κ1) is 20.7. The third kappa shape index (κ3) is 4.35. The molecule has 7 heteroatoms. The van der Waals surface area contributed by atoms with Crippen molar-refractivity contribution in [1.29, 1.82) is 0 Å². The van der Waals surface area contributed by atoms with Gasteiger partial charge in [0.1, 0.15) is 17.0 Å². The Morgan fingerprint density at radius 1 is 0.900 bits per heavy atom. The Kier molecular flexibility index (Phi) is 6.54. The van der Waals surface area contributed by atoms with Crippen LogP contribution in [-0.2, 0) is 9.53 Å². The van der Waals surface area contributed by atoms with Gasteiger partial charge in [-0.2, -0.15) is 5.10 Å². The lowest BCUT2D eigenvalue weighted by atomic mass is 9.97. The van der Waals surface area contributed by atoms with Crippen molar-refractivity contribution in [2.45, 2.75) is 6.92 Å². The summed E-state index contributed by atoms with van der Waals surface area (Å²) in [6.07, 6.45) is 2.95. The van der Waals surface area contributed by atoms with Crippen molar-refractivity contribution in [3.8, 4) is 5.75 Å². The zero-order valence-corrected chi connectivity index (χ0v) is 16.6. The van der Waals surface area contributed by atoms with Crippen LogP contribution in [0.5, 0.6) is 5.75 Å². The van der Waals surface area contributed by atoms with Gasteiger partial charge in [-0.1, -0.05) is 30.3 Å². The van der Waals surface area contributed by atoms with Gasteiger partial charge in [0.2, 0.25) is 11.6 Å². The number of Topliss-reactive ketones (excluding diaryl/α,β-unsaturated/α-hetero) is 2.